The number of nitrogens with two attached hydrogens (primary N) is 2. The number of carbonyl (C=O) groups excluding carboxylic acids is 2. The van der Waals surface area contributed by atoms with E-state index in [1.54, 1.807) is 30.8 Å². The van der Waals surface area contributed by atoms with E-state index in [1.165, 1.54) is 28.4 Å². The van der Waals surface area contributed by atoms with Crippen molar-refractivity contribution >= 4 is 69.5 Å². The lowest BCUT2D eigenvalue weighted by Crippen LogP contribution is -2.71. The zero-order valence-corrected chi connectivity index (χ0v) is 21.5. The van der Waals surface area contributed by atoms with Crippen LogP contribution in [0.1, 0.15) is 12.7 Å². The van der Waals surface area contributed by atoms with Gasteiger partial charge in [0.15, 0.2) is 5.13 Å². The Morgan fingerprint density at radius 1 is 1.42 bits per heavy atom. The summed E-state index contributed by atoms with van der Waals surface area (Å²) in [6, 6.07) is 0.701. The minimum atomic E-state index is -1.22. The molecule has 0 aliphatic carbocycles. The van der Waals surface area contributed by atoms with Gasteiger partial charge in [-0.3, -0.25) is 14.5 Å². The highest BCUT2D eigenvalue weighted by atomic mass is 32.2. The second-order valence-electron chi connectivity index (χ2n) is 7.47. The molecule has 0 radical (unpaired) electrons. The van der Waals surface area contributed by atoms with Crippen LogP contribution in [0.5, 0.6) is 0 Å². The van der Waals surface area contributed by atoms with Crippen LogP contribution < -0.4 is 21.4 Å². The number of hydrogen-bond acceptors (Lipinski definition) is 13. The molecule has 1 fully saturated rings. The van der Waals surface area contributed by atoms with Crippen molar-refractivity contribution in [3.8, 4) is 0 Å². The monoisotopic (exact) mass is 552 g/mol. The lowest BCUT2D eigenvalue weighted by molar-refractivity contribution is -0.713. The molecule has 14 nitrogen and oxygen atoms in total. The largest absolute Gasteiger partial charge is 0.477 e. The van der Waals surface area contributed by atoms with E-state index in [0.717, 1.165) is 11.5 Å². The summed E-state index contributed by atoms with van der Waals surface area (Å²) in [6.45, 7) is 1.88. The highest BCUT2D eigenvalue weighted by Gasteiger charge is 2.54. The van der Waals surface area contributed by atoms with Crippen molar-refractivity contribution < 1.29 is 28.9 Å². The maximum Gasteiger partial charge on any atom is 0.361 e. The van der Waals surface area contributed by atoms with Crippen LogP contribution >= 0.6 is 35.1 Å². The lowest BCUT2D eigenvalue weighted by Gasteiger charge is -2.49. The number of aliphatic carboxylic acids is 1. The van der Waals surface area contributed by atoms with Crippen molar-refractivity contribution in [1.82, 2.24) is 24.6 Å². The topological polar surface area (TPSA) is 203 Å². The quantitative estimate of drug-likeness (QED) is 0.0753. The molecule has 2 aromatic heterocycles. The second-order valence-corrected chi connectivity index (χ2v) is 10.3. The Kier molecular flexibility index (Phi) is 7.60. The van der Waals surface area contributed by atoms with Crippen LogP contribution in [-0.2, 0) is 26.3 Å². The number of nitrogen functional groups attached to an aromatic ring is 2. The first kappa shape index (κ1) is 25.6. The van der Waals surface area contributed by atoms with Crippen LogP contribution in [0.15, 0.2) is 33.8 Å². The van der Waals surface area contributed by atoms with Crippen LogP contribution in [0.4, 0.5) is 10.9 Å². The summed E-state index contributed by atoms with van der Waals surface area (Å²) in [5.41, 5.74) is 11.6. The third-order valence-electron chi connectivity index (χ3n) is 5.06. The molecule has 36 heavy (non-hydrogen) atoms. The van der Waals surface area contributed by atoms with E-state index in [0.29, 0.717) is 28.1 Å². The fraction of sp³-hybridized carbons (Fsp3) is 0.368. The summed E-state index contributed by atoms with van der Waals surface area (Å²) in [6.07, 6.45) is 1.76. The molecule has 2 aliphatic rings. The molecule has 0 saturated carbocycles. The first-order chi connectivity index (χ1) is 17.2. The number of rotatable bonds is 9. The second kappa shape index (κ2) is 10.7. The fourth-order valence-electron chi connectivity index (χ4n) is 3.41. The van der Waals surface area contributed by atoms with Crippen LogP contribution in [0.3, 0.4) is 0 Å². The normalized spacial score (nSPS) is 19.6. The molecule has 2 amide bonds. The number of nitrogens with zero attached hydrogens (tertiary/aromatic N) is 6. The summed E-state index contributed by atoms with van der Waals surface area (Å²) in [7, 11) is 1.80. The van der Waals surface area contributed by atoms with Gasteiger partial charge in [0.05, 0.1) is 13.2 Å². The van der Waals surface area contributed by atoms with Gasteiger partial charge in [-0.1, -0.05) is 5.16 Å². The van der Waals surface area contributed by atoms with E-state index >= 15 is 0 Å². The van der Waals surface area contributed by atoms with E-state index in [2.05, 4.69) is 24.8 Å². The molecule has 2 aliphatic heterocycles. The highest BCUT2D eigenvalue weighted by Crippen LogP contribution is 2.41. The number of carboxylic acids is 1. The molecule has 0 bridgehead atoms. The molecule has 0 spiro atoms. The van der Waals surface area contributed by atoms with Gasteiger partial charge in [-0.05, 0) is 29.2 Å². The first-order valence-electron chi connectivity index (χ1n) is 10.5. The van der Waals surface area contributed by atoms with Gasteiger partial charge in [-0.15, -0.1) is 11.8 Å². The number of oxime groups is 1. The van der Waals surface area contributed by atoms with Crippen LogP contribution in [0.2, 0.25) is 0 Å². The molecule has 4 heterocycles. The van der Waals surface area contributed by atoms with E-state index in [4.69, 9.17) is 16.3 Å². The van der Waals surface area contributed by atoms with Gasteiger partial charge in [-0.2, -0.15) is 9.36 Å². The summed E-state index contributed by atoms with van der Waals surface area (Å²) >= 11 is 3.55. The third-order valence-corrected chi connectivity index (χ3v) is 8.07. The molecule has 0 aromatic carbocycles. The van der Waals surface area contributed by atoms with Crippen molar-refractivity contribution in [1.29, 1.82) is 0 Å². The number of carboxylic acid groups (broad SMARTS) is 1. The molecule has 1 unspecified atom stereocenters. The van der Waals surface area contributed by atoms with Crippen molar-refractivity contribution in [3.63, 3.8) is 0 Å². The van der Waals surface area contributed by atoms with Gasteiger partial charge in [-0.25, -0.2) is 9.36 Å². The Labute approximate surface area is 217 Å². The zero-order chi connectivity index (χ0) is 26.0. The first-order valence-corrected chi connectivity index (χ1v) is 13.3. The van der Waals surface area contributed by atoms with Gasteiger partial charge in [0.2, 0.25) is 17.4 Å². The van der Waals surface area contributed by atoms with Crippen LogP contribution in [-0.4, -0.2) is 77.4 Å². The number of thioether (sulfide) groups is 2. The Morgan fingerprint density at radius 2 is 2.19 bits per heavy atom. The van der Waals surface area contributed by atoms with Gasteiger partial charge in [0.1, 0.15) is 23.7 Å². The molecule has 17 heteroatoms. The number of aromatic nitrogens is 4. The molecule has 2 atom stereocenters. The predicted molar refractivity (Wildman–Crippen MR) is 133 cm³/mol. The SMILES string of the molecule is CCO/N=C(\C(=O)NC1C(=O)N2C(C(=O)O)=C(CSc3nc(N)cc[n+]3C)CS[C@H]12)c1nsc(N)n1. The number of β-lactam (4-membered cyclic amide) rings is 1. The predicted octanol–water partition coefficient (Wildman–Crippen LogP) is -0.806. The number of aryl methyl sites for hydroxylation is 1. The molecular weight excluding hydrogens is 530 g/mol. The van der Waals surface area contributed by atoms with Gasteiger partial charge in [0.25, 0.3) is 11.8 Å². The average Bonchev–Trinajstić information content (AvgIpc) is 3.28. The average molecular weight is 553 g/mol. The number of nitrogens with one attached hydrogen (secondary N) is 1. The van der Waals surface area contributed by atoms with Gasteiger partial charge >= 0.3 is 11.1 Å². The van der Waals surface area contributed by atoms with E-state index in [1.807, 2.05) is 0 Å². The number of anilines is 2. The maximum atomic E-state index is 13.0. The Balaban J connectivity index is 1.50. The summed E-state index contributed by atoms with van der Waals surface area (Å²) in [5, 5.41) is 16.4. The van der Waals surface area contributed by atoms with Crippen LogP contribution in [0, 0.1) is 0 Å². The molecular formula is C19H22N9O5S3+. The molecule has 4 rings (SSSR count). The zero-order valence-electron chi connectivity index (χ0n) is 19.1. The maximum absolute atomic E-state index is 13.0. The number of carbonyl (C=O) groups is 3. The minimum absolute atomic E-state index is 0.0304. The molecule has 2 aromatic rings. The van der Waals surface area contributed by atoms with E-state index in [-0.39, 0.29) is 29.0 Å². The lowest BCUT2D eigenvalue weighted by atomic mass is 10.0. The third kappa shape index (κ3) is 5.07. The molecule has 6 N–H and O–H groups in total. The smallest absolute Gasteiger partial charge is 0.361 e. The summed E-state index contributed by atoms with van der Waals surface area (Å²) in [4.78, 5) is 52.4. The number of fused-ring (bicyclic) bond motifs is 1. The van der Waals surface area contributed by atoms with Gasteiger partial charge in [0, 0.05) is 29.1 Å². The van der Waals surface area contributed by atoms with Gasteiger partial charge < -0.3 is 26.7 Å². The number of amides is 2. The van der Waals surface area contributed by atoms with Crippen molar-refractivity contribution in [2.24, 2.45) is 12.2 Å². The Bertz CT molecular complexity index is 1280. The van der Waals surface area contributed by atoms with Crippen molar-refractivity contribution in [2.75, 3.05) is 29.6 Å². The van der Waals surface area contributed by atoms with Crippen LogP contribution in [0.25, 0.3) is 0 Å². The molecule has 1 saturated heterocycles. The van der Waals surface area contributed by atoms with Crippen molar-refractivity contribution in [3.05, 3.63) is 29.4 Å². The fourth-order valence-corrected chi connectivity index (χ4v) is 6.30. The molecule has 190 valence electrons. The summed E-state index contributed by atoms with van der Waals surface area (Å²) in [5.74, 6) is -1.53. The minimum Gasteiger partial charge on any atom is -0.477 e. The van der Waals surface area contributed by atoms with E-state index in [9.17, 15) is 19.5 Å². The van der Waals surface area contributed by atoms with E-state index < -0.39 is 29.2 Å². The summed E-state index contributed by atoms with van der Waals surface area (Å²) < 4.78 is 5.75. The van der Waals surface area contributed by atoms with Crippen molar-refractivity contribution in [2.45, 2.75) is 23.5 Å². The number of hydrogen-bond donors (Lipinski definition) is 4. The Morgan fingerprint density at radius 3 is 2.86 bits per heavy atom. The standard InChI is InChI=1S/C19H21N9O5S3/c1-3-33-25-10(13-24-18(21)36-26-13)14(29)23-11-15(30)28-12(17(31)32)8(6-34-16(11)28)7-35-19-22-9(20)4-5-27(19)2/h4-5,11,16,20H,3,6-7H2,1-2H3,(H4,21,23,24,26,29,31,32)/p+1/b25-10-/t11?,16-/m1/s1. The highest BCUT2D eigenvalue weighted by molar-refractivity contribution is 8.01. The Hall–Kier alpha value is -3.44.